The van der Waals surface area contributed by atoms with Crippen molar-refractivity contribution < 1.29 is 42.1 Å². The Labute approximate surface area is 198 Å². The summed E-state index contributed by atoms with van der Waals surface area (Å²) in [5.74, 6) is -2.65. The van der Waals surface area contributed by atoms with Crippen LogP contribution in [-0.2, 0) is 19.9 Å². The minimum atomic E-state index is -4.69. The third-order valence-corrected chi connectivity index (χ3v) is 7.33. The number of nitrogens with one attached hydrogen (secondary N) is 1. The Morgan fingerprint density at radius 1 is 1.35 bits per heavy atom. The molecule has 1 aliphatic carbocycles. The van der Waals surface area contributed by atoms with Crippen molar-refractivity contribution in [2.75, 3.05) is 19.6 Å². The van der Waals surface area contributed by atoms with Crippen molar-refractivity contribution in [3.63, 3.8) is 0 Å². The van der Waals surface area contributed by atoms with Crippen molar-refractivity contribution in [3.05, 3.63) is 40.0 Å². The first-order chi connectivity index (χ1) is 16.0. The lowest BCUT2D eigenvalue weighted by Crippen LogP contribution is -2.59. The summed E-state index contributed by atoms with van der Waals surface area (Å²) in [6.45, 7) is 0.436. The third kappa shape index (κ3) is 4.53. The SMILES string of the molecule is O=C(NC[C@H]1CC(=O)N1S(=O)(=O)O)c1cc(C2CCN(C(=O)C3=CCC(O)C(O)=C3Cl)C2)no1. The number of hydrogen-bond donors (Lipinski definition) is 4. The lowest BCUT2D eigenvalue weighted by atomic mass is 10.0. The monoisotopic (exact) mass is 516 g/mol. The smallest absolute Gasteiger partial charge is 0.362 e. The molecule has 2 aliphatic heterocycles. The number of aliphatic hydroxyl groups excluding tert-OH is 2. The van der Waals surface area contributed by atoms with Crippen LogP contribution in [0, 0.1) is 0 Å². The molecule has 2 saturated heterocycles. The molecule has 0 spiro atoms. The van der Waals surface area contributed by atoms with Crippen molar-refractivity contribution >= 4 is 39.6 Å². The van der Waals surface area contributed by atoms with E-state index in [0.29, 0.717) is 23.0 Å². The summed E-state index contributed by atoms with van der Waals surface area (Å²) in [6.07, 6.45) is 0.797. The third-order valence-electron chi connectivity index (χ3n) is 5.93. The van der Waals surface area contributed by atoms with Crippen LogP contribution in [0.4, 0.5) is 0 Å². The number of amides is 3. The van der Waals surface area contributed by atoms with E-state index in [1.165, 1.54) is 17.0 Å². The molecule has 1 aromatic rings. The van der Waals surface area contributed by atoms with Crippen molar-refractivity contribution in [3.8, 4) is 0 Å². The van der Waals surface area contributed by atoms with E-state index in [1.54, 1.807) is 0 Å². The second-order valence-electron chi connectivity index (χ2n) is 8.16. The van der Waals surface area contributed by atoms with Crippen molar-refractivity contribution in [1.82, 2.24) is 19.7 Å². The minimum Gasteiger partial charge on any atom is -0.508 e. The second kappa shape index (κ2) is 9.02. The molecule has 2 fully saturated rings. The van der Waals surface area contributed by atoms with Gasteiger partial charge in [-0.15, -0.1) is 0 Å². The highest BCUT2D eigenvalue weighted by atomic mass is 35.5. The maximum Gasteiger partial charge on any atom is 0.362 e. The lowest BCUT2D eigenvalue weighted by Gasteiger charge is -2.36. The van der Waals surface area contributed by atoms with E-state index in [0.717, 1.165) is 0 Å². The average Bonchev–Trinajstić information content (AvgIpc) is 3.42. The van der Waals surface area contributed by atoms with Crippen LogP contribution in [0.5, 0.6) is 0 Å². The van der Waals surface area contributed by atoms with E-state index in [9.17, 15) is 33.0 Å². The predicted molar refractivity (Wildman–Crippen MR) is 114 cm³/mol. The number of rotatable bonds is 6. The van der Waals surface area contributed by atoms with Gasteiger partial charge in [0.05, 0.1) is 28.8 Å². The zero-order valence-corrected chi connectivity index (χ0v) is 19.1. The zero-order valence-electron chi connectivity index (χ0n) is 17.5. The van der Waals surface area contributed by atoms with Gasteiger partial charge in [0.25, 0.3) is 11.8 Å². The maximum atomic E-state index is 12.8. The quantitative estimate of drug-likeness (QED) is 0.291. The Balaban J connectivity index is 1.34. The Morgan fingerprint density at radius 3 is 2.76 bits per heavy atom. The number of carbonyl (C=O) groups excluding carboxylic acids is 3. The molecule has 3 aliphatic rings. The summed E-state index contributed by atoms with van der Waals surface area (Å²) in [4.78, 5) is 38.0. The number of likely N-dealkylation sites (tertiary alicyclic amines) is 1. The molecular weight excluding hydrogens is 496 g/mol. The van der Waals surface area contributed by atoms with Crippen LogP contribution in [0.1, 0.15) is 41.4 Å². The first kappa shape index (κ1) is 24.2. The van der Waals surface area contributed by atoms with Crippen LogP contribution in [0.3, 0.4) is 0 Å². The van der Waals surface area contributed by atoms with E-state index in [4.69, 9.17) is 20.7 Å². The number of β-lactam (4-membered cyclic amide) rings is 1. The van der Waals surface area contributed by atoms with E-state index < -0.39 is 45.9 Å². The van der Waals surface area contributed by atoms with Gasteiger partial charge in [-0.3, -0.25) is 18.9 Å². The molecule has 0 bridgehead atoms. The van der Waals surface area contributed by atoms with Crippen LogP contribution in [0.2, 0.25) is 0 Å². The highest BCUT2D eigenvalue weighted by molar-refractivity contribution is 7.84. The standard InChI is InChI=1S/C19H21ClN4O9S/c20-16-11(1-2-13(25)17(16)27)19(29)23-4-3-9(8-23)12-6-14(33-22-12)18(28)21-7-10-5-15(26)24(10)34(30,31)32/h1,6,9-10,13,25,27H,2-5,7-8H2,(H,21,28)(H,30,31,32)/t9?,10-,13?/m1/s1. The predicted octanol–water partition coefficient (Wildman–Crippen LogP) is -0.177. The highest BCUT2D eigenvalue weighted by Gasteiger charge is 2.44. The lowest BCUT2D eigenvalue weighted by molar-refractivity contribution is -0.137. The Bertz CT molecular complexity index is 1210. The van der Waals surface area contributed by atoms with Crippen LogP contribution >= 0.6 is 11.6 Å². The van der Waals surface area contributed by atoms with Gasteiger partial charge in [-0.05, 0) is 12.8 Å². The summed E-state index contributed by atoms with van der Waals surface area (Å²) in [6, 6.07) is 0.522. The van der Waals surface area contributed by atoms with E-state index in [1.807, 2.05) is 0 Å². The van der Waals surface area contributed by atoms with E-state index >= 15 is 0 Å². The minimum absolute atomic E-state index is 0.0686. The van der Waals surface area contributed by atoms with Gasteiger partial charge < -0.3 is 25.0 Å². The molecule has 13 nitrogen and oxygen atoms in total. The number of hydrogen-bond acceptors (Lipinski definition) is 9. The van der Waals surface area contributed by atoms with Gasteiger partial charge in [-0.25, -0.2) is 4.31 Å². The van der Waals surface area contributed by atoms with Gasteiger partial charge in [0.1, 0.15) is 11.9 Å². The molecule has 4 rings (SSSR count). The molecule has 3 atom stereocenters. The van der Waals surface area contributed by atoms with Crippen molar-refractivity contribution in [2.24, 2.45) is 0 Å². The Hall–Kier alpha value is -2.94. The van der Waals surface area contributed by atoms with Gasteiger partial charge in [-0.2, -0.15) is 8.42 Å². The van der Waals surface area contributed by atoms with Crippen LogP contribution in [0.25, 0.3) is 0 Å². The molecule has 3 amide bonds. The summed E-state index contributed by atoms with van der Waals surface area (Å²) in [5.41, 5.74) is 0.551. The summed E-state index contributed by atoms with van der Waals surface area (Å²) < 4.78 is 36.8. The van der Waals surface area contributed by atoms with E-state index in [2.05, 4.69) is 10.5 Å². The molecule has 0 radical (unpaired) electrons. The Kier molecular flexibility index (Phi) is 6.42. The van der Waals surface area contributed by atoms with Gasteiger partial charge in [-0.1, -0.05) is 22.8 Å². The fourth-order valence-electron chi connectivity index (χ4n) is 4.08. The molecule has 15 heteroatoms. The molecule has 184 valence electrons. The van der Waals surface area contributed by atoms with Crippen LogP contribution < -0.4 is 5.32 Å². The van der Waals surface area contributed by atoms with Crippen LogP contribution in [-0.4, -0.2) is 87.0 Å². The first-order valence-corrected chi connectivity index (χ1v) is 12.1. The Morgan fingerprint density at radius 2 is 2.09 bits per heavy atom. The number of halogens is 1. The van der Waals surface area contributed by atoms with Crippen LogP contribution in [0.15, 0.2) is 33.0 Å². The summed E-state index contributed by atoms with van der Waals surface area (Å²) in [5, 5.41) is 25.6. The fourth-order valence-corrected chi connectivity index (χ4v) is 5.22. The fraction of sp³-hybridized carbons (Fsp3) is 0.474. The number of nitrogens with zero attached hydrogens (tertiary/aromatic N) is 3. The molecule has 3 heterocycles. The molecule has 2 unspecified atom stereocenters. The summed E-state index contributed by atoms with van der Waals surface area (Å²) >= 11 is 6.01. The van der Waals surface area contributed by atoms with Crippen molar-refractivity contribution in [1.29, 1.82) is 0 Å². The van der Waals surface area contributed by atoms with Gasteiger partial charge in [0, 0.05) is 31.6 Å². The zero-order chi connectivity index (χ0) is 24.8. The van der Waals surface area contributed by atoms with Crippen molar-refractivity contribution in [2.45, 2.75) is 37.3 Å². The molecule has 0 saturated carbocycles. The van der Waals surface area contributed by atoms with Gasteiger partial charge in [0.2, 0.25) is 11.7 Å². The first-order valence-electron chi connectivity index (χ1n) is 10.3. The van der Waals surface area contributed by atoms with Gasteiger partial charge in [0.15, 0.2) is 0 Å². The number of aliphatic hydroxyl groups is 2. The van der Waals surface area contributed by atoms with E-state index in [-0.39, 0.29) is 48.2 Å². The summed E-state index contributed by atoms with van der Waals surface area (Å²) in [7, 11) is -4.69. The molecule has 0 aromatic carbocycles. The second-order valence-corrected chi connectivity index (χ2v) is 9.82. The van der Waals surface area contributed by atoms with Gasteiger partial charge >= 0.3 is 10.3 Å². The number of aromatic nitrogens is 1. The molecule has 34 heavy (non-hydrogen) atoms. The molecular formula is C19H21ClN4O9S. The average molecular weight is 517 g/mol. The number of carbonyl (C=O) groups is 3. The largest absolute Gasteiger partial charge is 0.508 e. The topological polar surface area (TPSA) is 191 Å². The highest BCUT2D eigenvalue weighted by Crippen LogP contribution is 2.32. The normalized spacial score (nSPS) is 25.3. The molecule has 4 N–H and O–H groups in total. The maximum absolute atomic E-state index is 12.8. The molecule has 1 aromatic heterocycles.